The number of carbonyl (C=O) groups excluding carboxylic acids is 3. The van der Waals surface area contributed by atoms with E-state index in [1.165, 1.54) is 18.2 Å². The lowest BCUT2D eigenvalue weighted by atomic mass is 10.1. The highest BCUT2D eigenvalue weighted by Crippen LogP contribution is 2.34. The van der Waals surface area contributed by atoms with Gasteiger partial charge in [0.2, 0.25) is 5.91 Å². The number of aromatic carboxylic acids is 1. The van der Waals surface area contributed by atoms with Crippen LogP contribution in [-0.2, 0) is 16.1 Å². The number of amides is 2. The van der Waals surface area contributed by atoms with Crippen molar-refractivity contribution in [3.8, 4) is 0 Å². The number of rotatable bonds is 6. The first-order valence-electron chi connectivity index (χ1n) is 7.64. The van der Waals surface area contributed by atoms with Crippen LogP contribution in [0.2, 0.25) is 0 Å². The Morgan fingerprint density at radius 3 is 2.52 bits per heavy atom. The molecule has 0 atom stereocenters. The van der Waals surface area contributed by atoms with Crippen molar-refractivity contribution in [1.29, 1.82) is 0 Å². The van der Waals surface area contributed by atoms with Gasteiger partial charge in [-0.2, -0.15) is 5.10 Å². The molecule has 2 amide bonds. The van der Waals surface area contributed by atoms with Gasteiger partial charge in [-0.05, 0) is 12.5 Å². The molecular formula is C16H18N4O6S. The van der Waals surface area contributed by atoms with Gasteiger partial charge in [0, 0.05) is 20.3 Å². The number of hydrogen-bond acceptors (Lipinski definition) is 7. The smallest absolute Gasteiger partial charge is 0.341 e. The highest BCUT2D eigenvalue weighted by atomic mass is 32.1. The Kier molecular flexibility index (Phi) is 5.95. The van der Waals surface area contributed by atoms with Crippen molar-refractivity contribution in [1.82, 2.24) is 14.7 Å². The predicted octanol–water partition coefficient (Wildman–Crippen LogP) is 1.08. The van der Waals surface area contributed by atoms with Crippen LogP contribution in [0.3, 0.4) is 0 Å². The van der Waals surface area contributed by atoms with Crippen molar-refractivity contribution in [2.24, 2.45) is 0 Å². The third-order valence-corrected chi connectivity index (χ3v) is 4.77. The second-order valence-electron chi connectivity index (χ2n) is 5.73. The number of carboxylic acid groups (broad SMARTS) is 1. The molecule has 11 heteroatoms. The summed E-state index contributed by atoms with van der Waals surface area (Å²) in [4.78, 5) is 49.2. The van der Waals surface area contributed by atoms with E-state index in [0.717, 1.165) is 22.2 Å². The maximum Gasteiger partial charge on any atom is 0.341 e. The van der Waals surface area contributed by atoms with Gasteiger partial charge in [-0.15, -0.1) is 11.3 Å². The van der Waals surface area contributed by atoms with E-state index >= 15 is 0 Å². The van der Waals surface area contributed by atoms with Crippen LogP contribution in [-0.4, -0.2) is 64.7 Å². The number of carbonyl (C=O) groups is 4. The van der Waals surface area contributed by atoms with E-state index in [4.69, 9.17) is 9.84 Å². The topological polar surface area (TPSA) is 131 Å². The standard InChI is InChI=1S/C16H18N4O6S/c1-8-11(16(25)26-4)13(27-12(8)14(22)19(2)3)18-10(21)7-20-6-9(5-17-20)15(23)24/h5-6H,7H2,1-4H3,(H,18,21)(H,23,24). The fraction of sp³-hybridized carbons (Fsp3) is 0.312. The van der Waals surface area contributed by atoms with Crippen molar-refractivity contribution >= 4 is 40.1 Å². The van der Waals surface area contributed by atoms with Gasteiger partial charge < -0.3 is 20.1 Å². The molecule has 0 radical (unpaired) electrons. The third-order valence-electron chi connectivity index (χ3n) is 3.58. The van der Waals surface area contributed by atoms with Gasteiger partial charge in [-0.1, -0.05) is 0 Å². The molecule has 0 aliphatic heterocycles. The number of methoxy groups -OCH3 is 1. The minimum atomic E-state index is -1.16. The zero-order valence-electron chi connectivity index (χ0n) is 15.1. The van der Waals surface area contributed by atoms with Crippen LogP contribution in [0.25, 0.3) is 0 Å². The molecule has 0 bridgehead atoms. The molecular weight excluding hydrogens is 376 g/mol. The lowest BCUT2D eigenvalue weighted by Gasteiger charge is -2.08. The van der Waals surface area contributed by atoms with Crippen molar-refractivity contribution in [2.45, 2.75) is 13.5 Å². The summed E-state index contributed by atoms with van der Waals surface area (Å²) in [6.45, 7) is 1.34. The highest BCUT2D eigenvalue weighted by Gasteiger charge is 2.27. The van der Waals surface area contributed by atoms with Gasteiger partial charge >= 0.3 is 11.9 Å². The Bertz CT molecular complexity index is 914. The zero-order chi connectivity index (χ0) is 20.3. The Balaban J connectivity index is 2.29. The van der Waals surface area contributed by atoms with E-state index in [2.05, 4.69) is 10.4 Å². The third kappa shape index (κ3) is 4.31. The van der Waals surface area contributed by atoms with Crippen molar-refractivity contribution in [3.05, 3.63) is 34.0 Å². The van der Waals surface area contributed by atoms with Crippen LogP contribution in [0.5, 0.6) is 0 Å². The molecule has 2 aromatic heterocycles. The quantitative estimate of drug-likeness (QED) is 0.701. The molecule has 0 saturated carbocycles. The number of carboxylic acids is 1. The van der Waals surface area contributed by atoms with Crippen LogP contribution in [0.4, 0.5) is 5.00 Å². The minimum Gasteiger partial charge on any atom is -0.478 e. The highest BCUT2D eigenvalue weighted by molar-refractivity contribution is 7.18. The molecule has 0 unspecified atom stereocenters. The fourth-order valence-corrected chi connectivity index (χ4v) is 3.46. The number of ether oxygens (including phenoxy) is 1. The first-order chi connectivity index (χ1) is 12.6. The van der Waals surface area contributed by atoms with Gasteiger partial charge in [0.05, 0.1) is 29.3 Å². The van der Waals surface area contributed by atoms with Gasteiger partial charge in [0.1, 0.15) is 11.5 Å². The summed E-state index contributed by atoms with van der Waals surface area (Å²) in [5.41, 5.74) is 0.463. The molecule has 27 heavy (non-hydrogen) atoms. The van der Waals surface area contributed by atoms with Gasteiger partial charge in [0.15, 0.2) is 0 Å². The summed E-state index contributed by atoms with van der Waals surface area (Å²) in [6.07, 6.45) is 2.34. The van der Waals surface area contributed by atoms with Crippen LogP contribution in [0.15, 0.2) is 12.4 Å². The second kappa shape index (κ2) is 7.99. The van der Waals surface area contributed by atoms with E-state index in [1.54, 1.807) is 21.0 Å². The molecule has 0 aliphatic rings. The van der Waals surface area contributed by atoms with E-state index in [-0.39, 0.29) is 28.6 Å². The van der Waals surface area contributed by atoms with Crippen molar-refractivity contribution in [2.75, 3.05) is 26.5 Å². The molecule has 144 valence electrons. The molecule has 0 aliphatic carbocycles. The lowest BCUT2D eigenvalue weighted by Crippen LogP contribution is -2.21. The first kappa shape index (κ1) is 20.1. The number of thiophene rings is 1. The van der Waals surface area contributed by atoms with E-state index in [1.807, 2.05) is 0 Å². The number of anilines is 1. The second-order valence-corrected chi connectivity index (χ2v) is 6.75. The van der Waals surface area contributed by atoms with Crippen LogP contribution in [0.1, 0.15) is 36.0 Å². The average Bonchev–Trinajstić information content (AvgIpc) is 3.18. The molecule has 2 heterocycles. The Labute approximate surface area is 158 Å². The summed E-state index contributed by atoms with van der Waals surface area (Å²) in [5.74, 6) is -2.67. The number of esters is 1. The summed E-state index contributed by atoms with van der Waals surface area (Å²) < 4.78 is 5.91. The molecule has 0 fully saturated rings. The molecule has 0 aromatic carbocycles. The first-order valence-corrected chi connectivity index (χ1v) is 8.46. The summed E-state index contributed by atoms with van der Waals surface area (Å²) in [7, 11) is 4.36. The largest absolute Gasteiger partial charge is 0.478 e. The number of nitrogens with zero attached hydrogens (tertiary/aromatic N) is 3. The van der Waals surface area contributed by atoms with Gasteiger partial charge in [-0.3, -0.25) is 14.3 Å². The Morgan fingerprint density at radius 2 is 2.00 bits per heavy atom. The number of hydrogen-bond donors (Lipinski definition) is 2. The maximum atomic E-state index is 12.3. The Morgan fingerprint density at radius 1 is 1.33 bits per heavy atom. The predicted molar refractivity (Wildman–Crippen MR) is 96.2 cm³/mol. The maximum absolute atomic E-state index is 12.3. The molecule has 10 nitrogen and oxygen atoms in total. The monoisotopic (exact) mass is 394 g/mol. The molecule has 2 aromatic rings. The summed E-state index contributed by atoms with van der Waals surface area (Å²) in [5, 5.41) is 15.4. The van der Waals surface area contributed by atoms with Gasteiger partial charge in [-0.25, -0.2) is 9.59 Å². The van der Waals surface area contributed by atoms with Crippen molar-refractivity contribution < 1.29 is 29.0 Å². The zero-order valence-corrected chi connectivity index (χ0v) is 15.9. The van der Waals surface area contributed by atoms with E-state index < -0.39 is 17.8 Å². The fourth-order valence-electron chi connectivity index (χ4n) is 2.23. The Hall–Kier alpha value is -3.21. The van der Waals surface area contributed by atoms with Crippen LogP contribution < -0.4 is 5.32 Å². The number of nitrogens with one attached hydrogen (secondary N) is 1. The SMILES string of the molecule is COC(=O)c1c(NC(=O)Cn2cc(C(=O)O)cn2)sc(C(=O)N(C)C)c1C. The number of aromatic nitrogens is 2. The summed E-state index contributed by atoms with van der Waals surface area (Å²) >= 11 is 0.967. The van der Waals surface area contributed by atoms with Gasteiger partial charge in [0.25, 0.3) is 5.91 Å². The van der Waals surface area contributed by atoms with Crippen LogP contribution >= 0.6 is 11.3 Å². The average molecular weight is 394 g/mol. The molecule has 2 rings (SSSR count). The summed E-state index contributed by atoms with van der Waals surface area (Å²) in [6, 6.07) is 0. The minimum absolute atomic E-state index is 0.0520. The molecule has 2 N–H and O–H groups in total. The van der Waals surface area contributed by atoms with E-state index in [0.29, 0.717) is 10.4 Å². The van der Waals surface area contributed by atoms with Crippen LogP contribution in [0, 0.1) is 6.92 Å². The lowest BCUT2D eigenvalue weighted by molar-refractivity contribution is -0.116. The normalized spacial score (nSPS) is 10.4. The molecule has 0 spiro atoms. The van der Waals surface area contributed by atoms with Crippen molar-refractivity contribution in [3.63, 3.8) is 0 Å². The van der Waals surface area contributed by atoms with E-state index in [9.17, 15) is 19.2 Å². The molecule has 0 saturated heterocycles.